The summed E-state index contributed by atoms with van der Waals surface area (Å²) in [6, 6.07) is 13.7. The van der Waals surface area contributed by atoms with E-state index in [1.54, 1.807) is 24.3 Å². The summed E-state index contributed by atoms with van der Waals surface area (Å²) in [5.74, 6) is -1.43. The zero-order valence-electron chi connectivity index (χ0n) is 14.8. The summed E-state index contributed by atoms with van der Waals surface area (Å²) in [7, 11) is 1.39. The minimum atomic E-state index is -1.36. The van der Waals surface area contributed by atoms with Crippen molar-refractivity contribution in [3.8, 4) is 17.6 Å². The van der Waals surface area contributed by atoms with Gasteiger partial charge in [0.1, 0.15) is 18.2 Å². The smallest absolute Gasteiger partial charge is 0.266 e. The summed E-state index contributed by atoms with van der Waals surface area (Å²) in [6.07, 6.45) is 1.40. The monoisotopic (exact) mass is 365 g/mol. The van der Waals surface area contributed by atoms with Crippen LogP contribution >= 0.6 is 0 Å². The van der Waals surface area contributed by atoms with Crippen LogP contribution in [0.1, 0.15) is 11.1 Å². The number of aryl methyl sites for hydroxylation is 1. The number of ether oxygens (including phenoxy) is 2. The van der Waals surface area contributed by atoms with E-state index in [-0.39, 0.29) is 17.1 Å². The van der Waals surface area contributed by atoms with E-state index in [0.29, 0.717) is 11.3 Å². The summed E-state index contributed by atoms with van der Waals surface area (Å²) in [4.78, 5) is 22.8. The highest BCUT2D eigenvalue weighted by molar-refractivity contribution is 6.09. The average Bonchev–Trinajstić information content (AvgIpc) is 2.64. The number of anilines is 1. The first-order valence-electron chi connectivity index (χ1n) is 7.93. The Morgan fingerprint density at radius 3 is 2.63 bits per heavy atom. The van der Waals surface area contributed by atoms with E-state index < -0.39 is 18.5 Å². The van der Waals surface area contributed by atoms with Gasteiger partial charge in [-0.3, -0.25) is 4.79 Å². The molecule has 0 saturated heterocycles. The number of carbonyl (C=O) groups excluding carboxylic acids is 2. The second-order valence-corrected chi connectivity index (χ2v) is 5.56. The first-order valence-corrected chi connectivity index (χ1v) is 7.93. The molecule has 0 bridgehead atoms. The number of benzene rings is 2. The molecule has 138 valence electrons. The first kappa shape index (κ1) is 19.5. The van der Waals surface area contributed by atoms with Gasteiger partial charge in [0.05, 0.1) is 13.1 Å². The number of carbonyl (C=O) groups is 2. The predicted octanol–water partition coefficient (Wildman–Crippen LogP) is 1.68. The van der Waals surface area contributed by atoms with Crippen molar-refractivity contribution >= 4 is 23.6 Å². The van der Waals surface area contributed by atoms with Crippen LogP contribution in [-0.4, -0.2) is 25.6 Å². The molecule has 0 aliphatic rings. The lowest BCUT2D eigenvalue weighted by Gasteiger charge is -2.11. The van der Waals surface area contributed by atoms with Crippen LogP contribution in [0.25, 0.3) is 6.08 Å². The molecule has 1 N–H and O–H groups in total. The van der Waals surface area contributed by atoms with E-state index >= 15 is 0 Å². The Bertz CT molecular complexity index is 928. The lowest BCUT2D eigenvalue weighted by molar-refractivity contribution is -0.307. The quantitative estimate of drug-likeness (QED) is 0.590. The molecule has 2 aromatic carbocycles. The van der Waals surface area contributed by atoms with E-state index in [1.165, 1.54) is 25.3 Å². The van der Waals surface area contributed by atoms with Crippen molar-refractivity contribution in [2.24, 2.45) is 0 Å². The van der Waals surface area contributed by atoms with Crippen molar-refractivity contribution in [1.82, 2.24) is 0 Å². The van der Waals surface area contributed by atoms with Crippen LogP contribution in [0.4, 0.5) is 5.69 Å². The molecule has 0 aliphatic carbocycles. The fourth-order valence-corrected chi connectivity index (χ4v) is 2.27. The van der Waals surface area contributed by atoms with E-state index in [1.807, 2.05) is 19.1 Å². The summed E-state index contributed by atoms with van der Waals surface area (Å²) in [5.41, 5.74) is 1.99. The van der Waals surface area contributed by atoms with E-state index in [4.69, 9.17) is 9.47 Å². The van der Waals surface area contributed by atoms with Crippen LogP contribution in [0.2, 0.25) is 0 Å². The molecule has 0 atom stereocenters. The molecule has 2 aromatic rings. The van der Waals surface area contributed by atoms with E-state index in [0.717, 1.165) is 5.56 Å². The van der Waals surface area contributed by atoms with Crippen molar-refractivity contribution in [2.75, 3.05) is 19.0 Å². The lowest BCUT2D eigenvalue weighted by atomic mass is 10.1. The van der Waals surface area contributed by atoms with Gasteiger partial charge in [-0.1, -0.05) is 18.2 Å². The van der Waals surface area contributed by atoms with Crippen molar-refractivity contribution in [2.45, 2.75) is 6.92 Å². The lowest BCUT2D eigenvalue weighted by Crippen LogP contribution is -2.29. The topological polar surface area (TPSA) is 111 Å². The number of nitriles is 1. The molecule has 0 saturated carbocycles. The Labute approximate surface area is 156 Å². The van der Waals surface area contributed by atoms with Crippen LogP contribution in [0.5, 0.6) is 11.5 Å². The molecule has 0 spiro atoms. The van der Waals surface area contributed by atoms with Gasteiger partial charge in [-0.2, -0.15) is 5.26 Å². The van der Waals surface area contributed by atoms with Crippen molar-refractivity contribution in [3.05, 3.63) is 59.2 Å². The van der Waals surface area contributed by atoms with E-state index in [9.17, 15) is 20.0 Å². The van der Waals surface area contributed by atoms with Crippen LogP contribution in [0.3, 0.4) is 0 Å². The van der Waals surface area contributed by atoms with Gasteiger partial charge in [0, 0.05) is 5.69 Å². The average molecular weight is 365 g/mol. The van der Waals surface area contributed by atoms with Crippen LogP contribution in [0.15, 0.2) is 48.0 Å². The third-order valence-corrected chi connectivity index (χ3v) is 3.49. The number of nitrogens with one attached hydrogen (secondary N) is 1. The van der Waals surface area contributed by atoms with Crippen LogP contribution < -0.4 is 19.9 Å². The number of nitrogens with zero attached hydrogens (tertiary/aromatic N) is 1. The maximum Gasteiger partial charge on any atom is 0.266 e. The van der Waals surface area contributed by atoms with Gasteiger partial charge < -0.3 is 24.7 Å². The van der Waals surface area contributed by atoms with Gasteiger partial charge in [0.2, 0.25) is 0 Å². The Morgan fingerprint density at radius 2 is 2.00 bits per heavy atom. The molecule has 7 nitrogen and oxygen atoms in total. The third-order valence-electron chi connectivity index (χ3n) is 3.49. The Balaban J connectivity index is 2.22. The molecule has 0 aromatic heterocycles. The van der Waals surface area contributed by atoms with Gasteiger partial charge in [0.25, 0.3) is 5.91 Å². The molecule has 0 radical (unpaired) electrons. The summed E-state index contributed by atoms with van der Waals surface area (Å²) >= 11 is 0. The highest BCUT2D eigenvalue weighted by Gasteiger charge is 2.11. The number of methoxy groups -OCH3 is 1. The third kappa shape index (κ3) is 5.61. The molecular formula is C20H17N2O5-. The Kier molecular flexibility index (Phi) is 6.55. The highest BCUT2D eigenvalue weighted by atomic mass is 16.5. The fraction of sp³-hybridized carbons (Fsp3) is 0.150. The number of carboxylic acids is 1. The van der Waals surface area contributed by atoms with Crippen LogP contribution in [-0.2, 0) is 9.59 Å². The van der Waals surface area contributed by atoms with Crippen molar-refractivity contribution in [3.63, 3.8) is 0 Å². The summed E-state index contributed by atoms with van der Waals surface area (Å²) in [6.45, 7) is 1.28. The molecule has 0 fully saturated rings. The molecule has 0 unspecified atom stereocenters. The number of amides is 1. The van der Waals surface area contributed by atoms with Gasteiger partial charge in [-0.05, 0) is 48.4 Å². The highest BCUT2D eigenvalue weighted by Crippen LogP contribution is 2.29. The van der Waals surface area contributed by atoms with E-state index in [2.05, 4.69) is 5.32 Å². The Hall–Kier alpha value is -3.79. The molecule has 27 heavy (non-hydrogen) atoms. The number of hydrogen-bond acceptors (Lipinski definition) is 6. The molecule has 7 heteroatoms. The minimum absolute atomic E-state index is 0.0954. The molecule has 1 amide bonds. The molecule has 2 rings (SSSR count). The Morgan fingerprint density at radius 1 is 1.22 bits per heavy atom. The normalized spacial score (nSPS) is 10.6. The van der Waals surface area contributed by atoms with Gasteiger partial charge in [-0.25, -0.2) is 0 Å². The SMILES string of the molecule is COc1cc(/C=C(\C#N)C(=O)Nc2cccc(C)c2)ccc1OCC(=O)[O-]. The zero-order valence-corrected chi connectivity index (χ0v) is 14.8. The predicted molar refractivity (Wildman–Crippen MR) is 96.9 cm³/mol. The summed E-state index contributed by atoms with van der Waals surface area (Å²) in [5, 5.41) is 22.5. The second kappa shape index (κ2) is 9.06. The van der Waals surface area contributed by atoms with Gasteiger partial charge in [0.15, 0.2) is 11.5 Å². The molecule has 0 aliphatic heterocycles. The first-order chi connectivity index (χ1) is 12.9. The van der Waals surface area contributed by atoms with Crippen molar-refractivity contribution in [1.29, 1.82) is 5.26 Å². The van der Waals surface area contributed by atoms with Gasteiger partial charge >= 0.3 is 0 Å². The van der Waals surface area contributed by atoms with Crippen LogP contribution in [0, 0.1) is 18.3 Å². The fourth-order valence-electron chi connectivity index (χ4n) is 2.27. The summed E-state index contributed by atoms with van der Waals surface area (Å²) < 4.78 is 10.2. The largest absolute Gasteiger partial charge is 0.546 e. The number of aliphatic carboxylic acids is 1. The van der Waals surface area contributed by atoms with Gasteiger partial charge in [-0.15, -0.1) is 0 Å². The number of rotatable bonds is 7. The minimum Gasteiger partial charge on any atom is -0.546 e. The maximum absolute atomic E-state index is 12.3. The number of carboxylic acid groups (broad SMARTS) is 1. The number of hydrogen-bond donors (Lipinski definition) is 1. The maximum atomic E-state index is 12.3. The van der Waals surface area contributed by atoms with Crippen molar-refractivity contribution < 1.29 is 24.2 Å². The standard InChI is InChI=1S/C20H18N2O5/c1-13-4-3-5-16(8-13)22-20(25)15(11-21)9-14-6-7-17(18(10-14)26-2)27-12-19(23)24/h3-10H,12H2,1-2H3,(H,22,25)(H,23,24)/p-1/b15-9+. The molecular weight excluding hydrogens is 348 g/mol. The second-order valence-electron chi connectivity index (χ2n) is 5.56. The molecule has 0 heterocycles. The zero-order chi connectivity index (χ0) is 19.8.